The molecule has 0 saturated heterocycles. The van der Waals surface area contributed by atoms with Gasteiger partial charge in [-0.1, -0.05) is 91.0 Å². The molecule has 0 saturated carbocycles. The van der Waals surface area contributed by atoms with Crippen molar-refractivity contribution < 1.29 is 8.42 Å². The third-order valence-electron chi connectivity index (χ3n) is 5.59. The molecule has 33 heavy (non-hydrogen) atoms. The van der Waals surface area contributed by atoms with E-state index in [4.69, 9.17) is 0 Å². The Morgan fingerprint density at radius 3 is 1.94 bits per heavy atom. The molecule has 1 heterocycles. The Hall–Kier alpha value is -3.22. The lowest BCUT2D eigenvalue weighted by molar-refractivity contribution is 0.409. The molecule has 0 amide bonds. The lowest BCUT2D eigenvalue weighted by Crippen LogP contribution is -2.32. The highest BCUT2D eigenvalue weighted by molar-refractivity contribution is 7.89. The molecule has 0 atom stereocenters. The number of benzene rings is 3. The van der Waals surface area contributed by atoms with E-state index in [9.17, 15) is 8.42 Å². The van der Waals surface area contributed by atoms with Gasteiger partial charge in [-0.3, -0.25) is 4.68 Å². The minimum absolute atomic E-state index is 0.0447. The van der Waals surface area contributed by atoms with E-state index in [1.165, 1.54) is 0 Å². The van der Waals surface area contributed by atoms with Gasteiger partial charge in [0.1, 0.15) is 10.6 Å². The molecule has 0 radical (unpaired) electrons. The van der Waals surface area contributed by atoms with Gasteiger partial charge in [-0.05, 0) is 31.4 Å². The standard InChI is InChI=1S/C27H29N3O2S/c1-22(2)30-21-26(27(28-30)25-16-10-5-11-17-25)33(31,32)29(20-24-14-8-4-9-15-24)19-18-23-12-6-3-7-13-23/h3-17,21-22H,18-20H2,1-2H3. The molecule has 170 valence electrons. The maximum Gasteiger partial charge on any atom is 0.247 e. The topological polar surface area (TPSA) is 55.2 Å². The summed E-state index contributed by atoms with van der Waals surface area (Å²) in [5.74, 6) is 0. The summed E-state index contributed by atoms with van der Waals surface area (Å²) in [5, 5.41) is 4.66. The fourth-order valence-electron chi connectivity index (χ4n) is 3.73. The zero-order valence-corrected chi connectivity index (χ0v) is 19.8. The van der Waals surface area contributed by atoms with Crippen molar-refractivity contribution in [2.75, 3.05) is 6.54 Å². The molecule has 0 bridgehead atoms. The zero-order chi connectivity index (χ0) is 23.3. The lowest BCUT2D eigenvalue weighted by atomic mass is 10.1. The molecule has 1 aromatic heterocycles. The predicted molar refractivity (Wildman–Crippen MR) is 132 cm³/mol. The van der Waals surface area contributed by atoms with E-state index < -0.39 is 10.0 Å². The number of nitrogens with zero attached hydrogens (tertiary/aromatic N) is 3. The van der Waals surface area contributed by atoms with Crippen LogP contribution in [0.15, 0.2) is 102 Å². The third-order valence-corrected chi connectivity index (χ3v) is 7.43. The van der Waals surface area contributed by atoms with Gasteiger partial charge >= 0.3 is 0 Å². The number of sulfonamides is 1. The van der Waals surface area contributed by atoms with Crippen LogP contribution in [0.3, 0.4) is 0 Å². The second-order valence-electron chi connectivity index (χ2n) is 8.34. The van der Waals surface area contributed by atoms with E-state index in [0.29, 0.717) is 25.2 Å². The van der Waals surface area contributed by atoms with E-state index in [-0.39, 0.29) is 10.9 Å². The molecule has 5 nitrogen and oxygen atoms in total. The fourth-order valence-corrected chi connectivity index (χ4v) is 5.31. The van der Waals surface area contributed by atoms with Crippen LogP contribution in [-0.4, -0.2) is 29.0 Å². The van der Waals surface area contributed by atoms with Crippen LogP contribution in [0.4, 0.5) is 0 Å². The minimum atomic E-state index is -3.81. The largest absolute Gasteiger partial charge is 0.268 e. The van der Waals surface area contributed by atoms with E-state index in [1.807, 2.05) is 105 Å². The van der Waals surface area contributed by atoms with Gasteiger partial charge in [0, 0.05) is 30.9 Å². The maximum absolute atomic E-state index is 14.1. The quantitative estimate of drug-likeness (QED) is 0.329. The third kappa shape index (κ3) is 5.41. The van der Waals surface area contributed by atoms with E-state index in [2.05, 4.69) is 5.10 Å². The smallest absolute Gasteiger partial charge is 0.247 e. The van der Waals surface area contributed by atoms with Crippen LogP contribution < -0.4 is 0 Å². The molecule has 0 unspecified atom stereocenters. The number of hydrogen-bond donors (Lipinski definition) is 0. The van der Waals surface area contributed by atoms with Crippen LogP contribution in [0.1, 0.15) is 31.0 Å². The van der Waals surface area contributed by atoms with Crippen molar-refractivity contribution in [1.29, 1.82) is 0 Å². The van der Waals surface area contributed by atoms with Crippen molar-refractivity contribution in [2.24, 2.45) is 0 Å². The summed E-state index contributed by atoms with van der Waals surface area (Å²) in [4.78, 5) is 0.242. The first-order chi connectivity index (χ1) is 15.9. The molecular formula is C27H29N3O2S. The van der Waals surface area contributed by atoms with Gasteiger partial charge in [0.25, 0.3) is 0 Å². The Balaban J connectivity index is 1.75. The summed E-state index contributed by atoms with van der Waals surface area (Å²) in [5.41, 5.74) is 3.33. The van der Waals surface area contributed by atoms with Crippen molar-refractivity contribution in [3.63, 3.8) is 0 Å². The molecule has 0 aliphatic rings. The van der Waals surface area contributed by atoms with Crippen LogP contribution in [0.5, 0.6) is 0 Å². The number of aromatic nitrogens is 2. The van der Waals surface area contributed by atoms with Gasteiger partial charge < -0.3 is 0 Å². The minimum Gasteiger partial charge on any atom is -0.268 e. The van der Waals surface area contributed by atoms with Gasteiger partial charge in [0.15, 0.2) is 0 Å². The average Bonchev–Trinajstić information content (AvgIpc) is 3.31. The summed E-state index contributed by atoms with van der Waals surface area (Å²) in [7, 11) is -3.81. The average molecular weight is 460 g/mol. The molecule has 4 rings (SSSR count). The van der Waals surface area contributed by atoms with Gasteiger partial charge in [-0.2, -0.15) is 9.40 Å². The summed E-state index contributed by atoms with van der Waals surface area (Å²) >= 11 is 0. The van der Waals surface area contributed by atoms with Gasteiger partial charge in [0.05, 0.1) is 0 Å². The fraction of sp³-hybridized carbons (Fsp3) is 0.222. The SMILES string of the molecule is CC(C)n1cc(S(=O)(=O)N(CCc2ccccc2)Cc2ccccc2)c(-c2ccccc2)n1. The van der Waals surface area contributed by atoms with Gasteiger partial charge in [-0.15, -0.1) is 0 Å². The number of hydrogen-bond acceptors (Lipinski definition) is 3. The van der Waals surface area contributed by atoms with Crippen molar-refractivity contribution in [1.82, 2.24) is 14.1 Å². The van der Waals surface area contributed by atoms with E-state index >= 15 is 0 Å². The highest BCUT2D eigenvalue weighted by atomic mass is 32.2. The Morgan fingerprint density at radius 1 is 0.818 bits per heavy atom. The van der Waals surface area contributed by atoms with E-state index in [0.717, 1.165) is 16.7 Å². The molecule has 0 N–H and O–H groups in total. The Bertz CT molecular complexity index is 1270. The van der Waals surface area contributed by atoms with Crippen molar-refractivity contribution in [3.8, 4) is 11.3 Å². The second kappa shape index (κ2) is 10.1. The van der Waals surface area contributed by atoms with Crippen molar-refractivity contribution in [2.45, 2.75) is 37.8 Å². The van der Waals surface area contributed by atoms with Gasteiger partial charge in [-0.25, -0.2) is 8.42 Å². The summed E-state index contributed by atoms with van der Waals surface area (Å²) in [6.45, 7) is 4.67. The first kappa shape index (κ1) is 23.0. The first-order valence-corrected chi connectivity index (χ1v) is 12.6. The molecule has 3 aromatic carbocycles. The number of rotatable bonds is 9. The van der Waals surface area contributed by atoms with Crippen molar-refractivity contribution in [3.05, 3.63) is 108 Å². The predicted octanol–water partition coefficient (Wildman–Crippen LogP) is 5.56. The second-order valence-corrected chi connectivity index (χ2v) is 10.2. The molecule has 0 spiro atoms. The highest BCUT2D eigenvalue weighted by Gasteiger charge is 2.30. The zero-order valence-electron chi connectivity index (χ0n) is 19.0. The molecule has 4 aromatic rings. The molecular weight excluding hydrogens is 430 g/mol. The summed E-state index contributed by atoms with van der Waals surface area (Å²) in [6, 6.07) is 29.3. The van der Waals surface area contributed by atoms with Crippen LogP contribution >= 0.6 is 0 Å². The first-order valence-electron chi connectivity index (χ1n) is 11.2. The lowest BCUT2D eigenvalue weighted by Gasteiger charge is -2.22. The normalized spacial score (nSPS) is 11.9. The maximum atomic E-state index is 14.1. The van der Waals surface area contributed by atoms with Crippen LogP contribution in [-0.2, 0) is 23.0 Å². The monoisotopic (exact) mass is 459 g/mol. The molecule has 0 aliphatic carbocycles. The van der Waals surface area contributed by atoms with Crippen LogP contribution in [0, 0.1) is 0 Å². The van der Waals surface area contributed by atoms with Gasteiger partial charge in [0.2, 0.25) is 10.0 Å². The Morgan fingerprint density at radius 2 is 1.36 bits per heavy atom. The van der Waals surface area contributed by atoms with Crippen molar-refractivity contribution >= 4 is 10.0 Å². The Kier molecular flexibility index (Phi) is 7.06. The molecule has 0 fully saturated rings. The molecule has 0 aliphatic heterocycles. The molecule has 6 heteroatoms. The summed E-state index contributed by atoms with van der Waals surface area (Å²) in [6.07, 6.45) is 2.30. The summed E-state index contributed by atoms with van der Waals surface area (Å²) < 4.78 is 31.4. The Labute approximate surface area is 196 Å². The highest BCUT2D eigenvalue weighted by Crippen LogP contribution is 2.30. The van der Waals surface area contributed by atoms with Crippen LogP contribution in [0.25, 0.3) is 11.3 Å². The van der Waals surface area contributed by atoms with Crippen LogP contribution in [0.2, 0.25) is 0 Å². The van der Waals surface area contributed by atoms with E-state index in [1.54, 1.807) is 15.2 Å².